The van der Waals surface area contributed by atoms with Crippen LogP contribution in [0.25, 0.3) is 0 Å². The Labute approximate surface area is 96.3 Å². The number of carbonyl (C=O) groups excluding carboxylic acids is 1. The molecule has 0 aliphatic carbocycles. The van der Waals surface area contributed by atoms with E-state index in [0.717, 1.165) is 25.9 Å². The van der Waals surface area contributed by atoms with Gasteiger partial charge in [-0.25, -0.2) is 0 Å². The number of primary amides is 1. The Kier molecular flexibility index (Phi) is 5.12. The standard InChI is InChI=1S/C11H19ClN2O/c1-9-4-5-10(11(13)15)8-14(9)7-3-2-6-12/h2-3,9-10H,4-8H2,1H3,(H2,13,15). The highest BCUT2D eigenvalue weighted by Gasteiger charge is 2.27. The minimum Gasteiger partial charge on any atom is -0.369 e. The smallest absolute Gasteiger partial charge is 0.221 e. The zero-order valence-corrected chi connectivity index (χ0v) is 9.91. The number of nitrogens with zero attached hydrogens (tertiary/aromatic N) is 1. The summed E-state index contributed by atoms with van der Waals surface area (Å²) >= 11 is 5.56. The molecule has 1 heterocycles. The monoisotopic (exact) mass is 230 g/mol. The van der Waals surface area contributed by atoms with Crippen molar-refractivity contribution in [3.8, 4) is 0 Å². The van der Waals surface area contributed by atoms with Crippen molar-refractivity contribution in [3.63, 3.8) is 0 Å². The fraction of sp³-hybridized carbons (Fsp3) is 0.727. The van der Waals surface area contributed by atoms with Gasteiger partial charge in [-0.2, -0.15) is 0 Å². The molecule has 0 aromatic heterocycles. The Hall–Kier alpha value is -0.540. The molecular formula is C11H19ClN2O. The summed E-state index contributed by atoms with van der Waals surface area (Å²) in [6.07, 6.45) is 5.95. The van der Waals surface area contributed by atoms with E-state index in [4.69, 9.17) is 17.3 Å². The fourth-order valence-corrected chi connectivity index (χ4v) is 2.06. The average molecular weight is 231 g/mol. The third-order valence-corrected chi connectivity index (χ3v) is 3.19. The zero-order valence-electron chi connectivity index (χ0n) is 9.16. The Balaban J connectivity index is 2.46. The second-order valence-corrected chi connectivity index (χ2v) is 4.41. The molecule has 86 valence electrons. The fourth-order valence-electron chi connectivity index (χ4n) is 1.94. The average Bonchev–Trinajstić information content (AvgIpc) is 2.20. The van der Waals surface area contributed by atoms with Crippen LogP contribution in [0.3, 0.4) is 0 Å². The maximum absolute atomic E-state index is 11.1. The second kappa shape index (κ2) is 6.13. The van der Waals surface area contributed by atoms with Crippen LogP contribution in [0.4, 0.5) is 0 Å². The van der Waals surface area contributed by atoms with E-state index in [9.17, 15) is 4.79 Å². The van der Waals surface area contributed by atoms with Gasteiger partial charge in [0.05, 0.1) is 5.92 Å². The van der Waals surface area contributed by atoms with Crippen molar-refractivity contribution >= 4 is 17.5 Å². The normalized spacial score (nSPS) is 28.4. The van der Waals surface area contributed by atoms with E-state index in [2.05, 4.69) is 11.8 Å². The SMILES string of the molecule is CC1CCC(C(N)=O)CN1CC=CCCl. The zero-order chi connectivity index (χ0) is 11.3. The molecule has 1 aliphatic rings. The number of nitrogens with two attached hydrogens (primary N) is 1. The molecule has 4 heteroatoms. The third kappa shape index (κ3) is 3.84. The summed E-state index contributed by atoms with van der Waals surface area (Å²) in [5, 5.41) is 0. The summed E-state index contributed by atoms with van der Waals surface area (Å²) in [5.74, 6) is 0.389. The van der Waals surface area contributed by atoms with Gasteiger partial charge in [0.1, 0.15) is 0 Å². The first-order valence-corrected chi connectivity index (χ1v) is 5.93. The topological polar surface area (TPSA) is 46.3 Å². The van der Waals surface area contributed by atoms with E-state index in [-0.39, 0.29) is 11.8 Å². The second-order valence-electron chi connectivity index (χ2n) is 4.11. The maximum atomic E-state index is 11.1. The predicted molar refractivity (Wildman–Crippen MR) is 62.8 cm³/mol. The summed E-state index contributed by atoms with van der Waals surface area (Å²) in [7, 11) is 0. The number of amides is 1. The largest absolute Gasteiger partial charge is 0.369 e. The number of piperidine rings is 1. The van der Waals surface area contributed by atoms with Gasteiger partial charge in [0.25, 0.3) is 0 Å². The first-order chi connectivity index (χ1) is 7.15. The Bertz CT molecular complexity index is 243. The summed E-state index contributed by atoms with van der Waals surface area (Å²) in [4.78, 5) is 13.4. The van der Waals surface area contributed by atoms with Crippen LogP contribution in [0.2, 0.25) is 0 Å². The van der Waals surface area contributed by atoms with Gasteiger partial charge in [-0.1, -0.05) is 12.2 Å². The number of halogens is 1. The predicted octanol–water partition coefficient (Wildman–Crippen LogP) is 1.37. The molecule has 1 aliphatic heterocycles. The lowest BCUT2D eigenvalue weighted by molar-refractivity contribution is -0.123. The Morgan fingerprint density at radius 2 is 2.27 bits per heavy atom. The molecular weight excluding hydrogens is 212 g/mol. The number of carbonyl (C=O) groups is 1. The molecule has 0 bridgehead atoms. The molecule has 0 radical (unpaired) electrons. The highest BCUT2D eigenvalue weighted by atomic mass is 35.5. The summed E-state index contributed by atoms with van der Waals surface area (Å²) in [6.45, 7) is 3.83. The molecule has 1 amide bonds. The molecule has 0 aromatic rings. The van der Waals surface area contributed by atoms with Crippen LogP contribution in [0.1, 0.15) is 19.8 Å². The van der Waals surface area contributed by atoms with Crippen LogP contribution >= 0.6 is 11.6 Å². The summed E-state index contributed by atoms with van der Waals surface area (Å²) in [5.41, 5.74) is 5.32. The third-order valence-electron chi connectivity index (χ3n) is 3.01. The Morgan fingerprint density at radius 3 is 2.87 bits per heavy atom. The van der Waals surface area contributed by atoms with Crippen LogP contribution in [-0.2, 0) is 4.79 Å². The lowest BCUT2D eigenvalue weighted by Gasteiger charge is -2.36. The number of hydrogen-bond acceptors (Lipinski definition) is 2. The van der Waals surface area contributed by atoms with Crippen molar-refractivity contribution in [2.45, 2.75) is 25.8 Å². The van der Waals surface area contributed by atoms with Gasteiger partial charge in [0.2, 0.25) is 5.91 Å². The van der Waals surface area contributed by atoms with E-state index in [1.54, 1.807) is 0 Å². The number of alkyl halides is 1. The molecule has 2 N–H and O–H groups in total. The number of allylic oxidation sites excluding steroid dienone is 1. The first kappa shape index (κ1) is 12.5. The van der Waals surface area contributed by atoms with Crippen LogP contribution in [-0.4, -0.2) is 35.8 Å². The molecule has 2 unspecified atom stereocenters. The highest BCUT2D eigenvalue weighted by molar-refractivity contribution is 6.18. The van der Waals surface area contributed by atoms with E-state index in [0.29, 0.717) is 11.9 Å². The van der Waals surface area contributed by atoms with Crippen molar-refractivity contribution in [1.29, 1.82) is 0 Å². The van der Waals surface area contributed by atoms with Gasteiger partial charge in [0.15, 0.2) is 0 Å². The molecule has 0 aromatic carbocycles. The van der Waals surface area contributed by atoms with Crippen LogP contribution in [0.5, 0.6) is 0 Å². The quantitative estimate of drug-likeness (QED) is 0.586. The maximum Gasteiger partial charge on any atom is 0.221 e. The Morgan fingerprint density at radius 1 is 1.53 bits per heavy atom. The van der Waals surface area contributed by atoms with Gasteiger partial charge < -0.3 is 5.73 Å². The molecule has 0 spiro atoms. The lowest BCUT2D eigenvalue weighted by Crippen LogP contribution is -2.45. The molecule has 3 nitrogen and oxygen atoms in total. The van der Waals surface area contributed by atoms with Crippen molar-refractivity contribution in [1.82, 2.24) is 4.90 Å². The molecule has 2 atom stereocenters. The molecule has 15 heavy (non-hydrogen) atoms. The minimum absolute atomic E-state index is 0.0191. The lowest BCUT2D eigenvalue weighted by atomic mass is 9.93. The van der Waals surface area contributed by atoms with Gasteiger partial charge in [-0.15, -0.1) is 11.6 Å². The van der Waals surface area contributed by atoms with E-state index < -0.39 is 0 Å². The summed E-state index contributed by atoms with van der Waals surface area (Å²) < 4.78 is 0. The first-order valence-electron chi connectivity index (χ1n) is 5.39. The molecule has 1 fully saturated rings. The van der Waals surface area contributed by atoms with Crippen molar-refractivity contribution < 1.29 is 4.79 Å². The van der Waals surface area contributed by atoms with Gasteiger partial charge in [0, 0.05) is 25.0 Å². The van der Waals surface area contributed by atoms with Crippen molar-refractivity contribution in [2.75, 3.05) is 19.0 Å². The van der Waals surface area contributed by atoms with Gasteiger partial charge in [-0.3, -0.25) is 9.69 Å². The number of hydrogen-bond donors (Lipinski definition) is 1. The van der Waals surface area contributed by atoms with E-state index in [1.807, 2.05) is 12.2 Å². The molecule has 1 rings (SSSR count). The van der Waals surface area contributed by atoms with E-state index >= 15 is 0 Å². The van der Waals surface area contributed by atoms with E-state index in [1.165, 1.54) is 0 Å². The van der Waals surface area contributed by atoms with Gasteiger partial charge >= 0.3 is 0 Å². The molecule has 1 saturated heterocycles. The van der Waals surface area contributed by atoms with Gasteiger partial charge in [-0.05, 0) is 19.8 Å². The van der Waals surface area contributed by atoms with Crippen molar-refractivity contribution in [3.05, 3.63) is 12.2 Å². The van der Waals surface area contributed by atoms with Crippen LogP contribution in [0, 0.1) is 5.92 Å². The highest BCUT2D eigenvalue weighted by Crippen LogP contribution is 2.21. The number of rotatable bonds is 4. The van der Waals surface area contributed by atoms with Crippen LogP contribution < -0.4 is 5.73 Å². The number of likely N-dealkylation sites (tertiary alicyclic amines) is 1. The molecule has 0 saturated carbocycles. The summed E-state index contributed by atoms with van der Waals surface area (Å²) in [6, 6.07) is 0.528. The van der Waals surface area contributed by atoms with Crippen molar-refractivity contribution in [2.24, 2.45) is 11.7 Å². The van der Waals surface area contributed by atoms with Crippen LogP contribution in [0.15, 0.2) is 12.2 Å². The minimum atomic E-state index is -0.173.